The van der Waals surface area contributed by atoms with E-state index in [1.165, 1.54) is 0 Å². The summed E-state index contributed by atoms with van der Waals surface area (Å²) in [6.45, 7) is 1.35. The van der Waals surface area contributed by atoms with Crippen molar-refractivity contribution in [2.24, 2.45) is 0 Å². The number of rotatable bonds is 2. The highest BCUT2D eigenvalue weighted by molar-refractivity contribution is 6.34. The first-order valence-electron chi connectivity index (χ1n) is 5.99. The van der Waals surface area contributed by atoms with E-state index in [1.807, 2.05) is 0 Å². The van der Waals surface area contributed by atoms with Crippen molar-refractivity contribution in [3.8, 4) is 0 Å². The van der Waals surface area contributed by atoms with Crippen LogP contribution in [-0.2, 0) is 4.74 Å². The zero-order chi connectivity index (χ0) is 13.1. The van der Waals surface area contributed by atoms with Crippen LogP contribution < -0.4 is 5.73 Å². The number of likely N-dealkylation sites (tertiary alicyclic amines) is 1. The van der Waals surface area contributed by atoms with Crippen molar-refractivity contribution in [1.82, 2.24) is 4.90 Å². The van der Waals surface area contributed by atoms with E-state index in [2.05, 4.69) is 0 Å². The summed E-state index contributed by atoms with van der Waals surface area (Å²) in [5.41, 5.74) is 6.70. The third kappa shape index (κ3) is 2.76. The van der Waals surface area contributed by atoms with Gasteiger partial charge in [0, 0.05) is 25.9 Å². The number of benzene rings is 1. The highest BCUT2D eigenvalue weighted by Gasteiger charge is 2.25. The van der Waals surface area contributed by atoms with Crippen LogP contribution in [0.1, 0.15) is 23.2 Å². The van der Waals surface area contributed by atoms with Crippen LogP contribution in [0.4, 0.5) is 5.69 Å². The van der Waals surface area contributed by atoms with Gasteiger partial charge in [0.25, 0.3) is 5.91 Å². The Kier molecular flexibility index (Phi) is 4.09. The maximum Gasteiger partial charge on any atom is 0.255 e. The minimum Gasteiger partial charge on any atom is -0.399 e. The Balaban J connectivity index is 2.17. The third-order valence-electron chi connectivity index (χ3n) is 3.22. The number of hydrogen-bond donors (Lipinski definition) is 1. The molecule has 1 atom stereocenters. The van der Waals surface area contributed by atoms with Gasteiger partial charge < -0.3 is 15.4 Å². The molecule has 1 aliphatic heterocycles. The van der Waals surface area contributed by atoms with Crippen molar-refractivity contribution in [1.29, 1.82) is 0 Å². The van der Waals surface area contributed by atoms with Gasteiger partial charge in [-0.3, -0.25) is 4.79 Å². The fourth-order valence-corrected chi connectivity index (χ4v) is 2.39. The third-order valence-corrected chi connectivity index (χ3v) is 3.55. The second-order valence-corrected chi connectivity index (χ2v) is 4.90. The summed E-state index contributed by atoms with van der Waals surface area (Å²) in [6.07, 6.45) is 2.05. The van der Waals surface area contributed by atoms with Crippen molar-refractivity contribution in [2.75, 3.05) is 25.9 Å². The van der Waals surface area contributed by atoms with Gasteiger partial charge in [-0.2, -0.15) is 0 Å². The summed E-state index contributed by atoms with van der Waals surface area (Å²) in [4.78, 5) is 14.1. The molecule has 5 heteroatoms. The summed E-state index contributed by atoms with van der Waals surface area (Å²) >= 11 is 6.05. The summed E-state index contributed by atoms with van der Waals surface area (Å²) in [5.74, 6) is -0.0750. The second kappa shape index (κ2) is 5.59. The van der Waals surface area contributed by atoms with Gasteiger partial charge in [-0.1, -0.05) is 11.6 Å². The number of carbonyl (C=O) groups is 1. The van der Waals surface area contributed by atoms with E-state index in [0.29, 0.717) is 22.8 Å². The van der Waals surface area contributed by atoms with Gasteiger partial charge in [0.15, 0.2) is 0 Å². The minimum atomic E-state index is -0.0750. The number of piperidine rings is 1. The van der Waals surface area contributed by atoms with Gasteiger partial charge in [0.05, 0.1) is 16.7 Å². The number of nitrogens with two attached hydrogens (primary N) is 1. The highest BCUT2D eigenvalue weighted by Crippen LogP contribution is 2.22. The number of hydrogen-bond acceptors (Lipinski definition) is 3. The molecule has 1 unspecified atom stereocenters. The summed E-state index contributed by atoms with van der Waals surface area (Å²) in [7, 11) is 1.67. The zero-order valence-corrected chi connectivity index (χ0v) is 11.1. The number of nitrogens with zero attached hydrogens (tertiary/aromatic N) is 1. The van der Waals surface area contributed by atoms with Crippen LogP contribution in [-0.4, -0.2) is 37.1 Å². The molecule has 2 N–H and O–H groups in total. The topological polar surface area (TPSA) is 55.6 Å². The molecule has 1 aliphatic rings. The Bertz CT molecular complexity index is 451. The average molecular weight is 269 g/mol. The molecule has 1 aromatic carbocycles. The van der Waals surface area contributed by atoms with Crippen LogP contribution in [0.3, 0.4) is 0 Å². The molecule has 1 aromatic rings. The van der Waals surface area contributed by atoms with Gasteiger partial charge in [0.2, 0.25) is 0 Å². The maximum atomic E-state index is 12.4. The number of methoxy groups -OCH3 is 1. The normalized spacial score (nSPS) is 19.9. The zero-order valence-electron chi connectivity index (χ0n) is 10.4. The molecule has 2 rings (SSSR count). The van der Waals surface area contributed by atoms with Gasteiger partial charge >= 0.3 is 0 Å². The van der Waals surface area contributed by atoms with Crippen molar-refractivity contribution < 1.29 is 9.53 Å². The molecule has 0 spiro atoms. The first-order valence-corrected chi connectivity index (χ1v) is 6.36. The molecular formula is C13H17ClN2O2. The molecule has 1 fully saturated rings. The van der Waals surface area contributed by atoms with Crippen molar-refractivity contribution in [3.63, 3.8) is 0 Å². The van der Waals surface area contributed by atoms with E-state index in [4.69, 9.17) is 22.1 Å². The van der Waals surface area contributed by atoms with Crippen LogP contribution in [0, 0.1) is 0 Å². The summed E-state index contributed by atoms with van der Waals surface area (Å²) in [5, 5.41) is 0.439. The van der Waals surface area contributed by atoms with Crippen molar-refractivity contribution >= 4 is 23.2 Å². The summed E-state index contributed by atoms with van der Waals surface area (Å²) in [6, 6.07) is 4.97. The van der Waals surface area contributed by atoms with E-state index in [0.717, 1.165) is 19.4 Å². The number of nitrogen functional groups attached to an aromatic ring is 1. The lowest BCUT2D eigenvalue weighted by atomic mass is 10.1. The predicted molar refractivity (Wildman–Crippen MR) is 71.8 cm³/mol. The largest absolute Gasteiger partial charge is 0.399 e. The standard InChI is InChI=1S/C13H17ClN2O2/c1-18-10-3-2-6-16(8-10)13(17)11-7-9(15)4-5-12(11)14/h4-5,7,10H,2-3,6,8,15H2,1H3. The number of anilines is 1. The van der Waals surface area contributed by atoms with Gasteiger partial charge in [0.1, 0.15) is 0 Å². The van der Waals surface area contributed by atoms with Crippen LogP contribution in [0.2, 0.25) is 5.02 Å². The number of halogens is 1. The lowest BCUT2D eigenvalue weighted by Gasteiger charge is -2.32. The highest BCUT2D eigenvalue weighted by atomic mass is 35.5. The molecule has 18 heavy (non-hydrogen) atoms. The second-order valence-electron chi connectivity index (χ2n) is 4.49. The number of ether oxygens (including phenoxy) is 1. The van der Waals surface area contributed by atoms with E-state index in [9.17, 15) is 4.79 Å². The molecule has 0 saturated carbocycles. The maximum absolute atomic E-state index is 12.4. The lowest BCUT2D eigenvalue weighted by Crippen LogP contribution is -2.43. The molecule has 0 aromatic heterocycles. The van der Waals surface area contributed by atoms with Crippen LogP contribution in [0.15, 0.2) is 18.2 Å². The lowest BCUT2D eigenvalue weighted by molar-refractivity contribution is 0.0269. The Morgan fingerprint density at radius 2 is 2.33 bits per heavy atom. The Labute approximate surface area is 112 Å². The van der Waals surface area contributed by atoms with E-state index in [1.54, 1.807) is 30.2 Å². The first-order chi connectivity index (χ1) is 8.61. The smallest absolute Gasteiger partial charge is 0.255 e. The molecule has 1 amide bonds. The molecule has 1 saturated heterocycles. The van der Waals surface area contributed by atoms with Gasteiger partial charge in [-0.15, -0.1) is 0 Å². The van der Waals surface area contributed by atoms with Gasteiger partial charge in [-0.05, 0) is 31.0 Å². The van der Waals surface area contributed by atoms with Crippen LogP contribution >= 0.6 is 11.6 Å². The fraction of sp³-hybridized carbons (Fsp3) is 0.462. The first kappa shape index (κ1) is 13.2. The SMILES string of the molecule is COC1CCCN(C(=O)c2cc(N)ccc2Cl)C1. The minimum absolute atomic E-state index is 0.0750. The molecular weight excluding hydrogens is 252 g/mol. The van der Waals surface area contributed by atoms with E-state index in [-0.39, 0.29) is 12.0 Å². The van der Waals surface area contributed by atoms with Gasteiger partial charge in [-0.25, -0.2) is 0 Å². The Morgan fingerprint density at radius 1 is 1.56 bits per heavy atom. The Hall–Kier alpha value is -1.26. The van der Waals surface area contributed by atoms with Crippen molar-refractivity contribution in [2.45, 2.75) is 18.9 Å². The number of carbonyl (C=O) groups excluding carboxylic acids is 1. The van der Waals surface area contributed by atoms with Crippen LogP contribution in [0.25, 0.3) is 0 Å². The molecule has 0 bridgehead atoms. The quantitative estimate of drug-likeness (QED) is 0.837. The van der Waals surface area contributed by atoms with E-state index >= 15 is 0 Å². The van der Waals surface area contributed by atoms with Crippen LogP contribution in [0.5, 0.6) is 0 Å². The molecule has 4 nitrogen and oxygen atoms in total. The predicted octanol–water partition coefficient (Wildman–Crippen LogP) is 2.17. The van der Waals surface area contributed by atoms with Crippen molar-refractivity contribution in [3.05, 3.63) is 28.8 Å². The number of amides is 1. The molecule has 0 aliphatic carbocycles. The van der Waals surface area contributed by atoms with E-state index < -0.39 is 0 Å². The summed E-state index contributed by atoms with van der Waals surface area (Å²) < 4.78 is 5.31. The molecule has 98 valence electrons. The monoisotopic (exact) mass is 268 g/mol. The average Bonchev–Trinajstić information content (AvgIpc) is 2.41. The molecule has 0 radical (unpaired) electrons. The Morgan fingerprint density at radius 3 is 3.06 bits per heavy atom. The molecule has 1 heterocycles. The fourth-order valence-electron chi connectivity index (χ4n) is 2.19.